The van der Waals surface area contributed by atoms with Gasteiger partial charge < -0.3 is 5.32 Å². The lowest BCUT2D eigenvalue weighted by atomic mass is 9.76. The van der Waals surface area contributed by atoms with Crippen molar-refractivity contribution < 1.29 is 0 Å². The molecule has 108 valence electrons. The molecular weight excluding hydrogens is 308 g/mol. The van der Waals surface area contributed by atoms with Gasteiger partial charge in [-0.2, -0.15) is 0 Å². The molecule has 0 aliphatic heterocycles. The molecule has 3 rings (SSSR count). The van der Waals surface area contributed by atoms with Crippen LogP contribution >= 0.6 is 34.3 Å². The Labute approximate surface area is 133 Å². The second-order valence-corrected chi connectivity index (χ2v) is 8.49. The standard InChI is InChI=1S/C15H19ClN2S2/c1-4-17-10-6-15(2,3)7-11-13(10)20-14(18-11)12-5-9(16)8-19-12/h5,8,10,17H,4,6-7H2,1-3H3. The highest BCUT2D eigenvalue weighted by molar-refractivity contribution is 7.21. The van der Waals surface area contributed by atoms with Gasteiger partial charge in [-0.3, -0.25) is 0 Å². The van der Waals surface area contributed by atoms with Crippen molar-refractivity contribution in [2.75, 3.05) is 6.54 Å². The van der Waals surface area contributed by atoms with Crippen LogP contribution in [0.15, 0.2) is 11.4 Å². The summed E-state index contributed by atoms with van der Waals surface area (Å²) in [6, 6.07) is 2.46. The van der Waals surface area contributed by atoms with Gasteiger partial charge in [-0.05, 0) is 30.9 Å². The molecular formula is C15H19ClN2S2. The molecule has 20 heavy (non-hydrogen) atoms. The van der Waals surface area contributed by atoms with E-state index >= 15 is 0 Å². The monoisotopic (exact) mass is 326 g/mol. The number of hydrogen-bond acceptors (Lipinski definition) is 4. The van der Waals surface area contributed by atoms with E-state index in [1.165, 1.54) is 21.9 Å². The molecule has 1 aliphatic carbocycles. The Kier molecular flexibility index (Phi) is 3.93. The van der Waals surface area contributed by atoms with Crippen LogP contribution in [0.4, 0.5) is 0 Å². The van der Waals surface area contributed by atoms with Gasteiger partial charge in [-0.15, -0.1) is 22.7 Å². The summed E-state index contributed by atoms with van der Waals surface area (Å²) in [7, 11) is 0. The lowest BCUT2D eigenvalue weighted by Gasteiger charge is -2.34. The van der Waals surface area contributed by atoms with Gasteiger partial charge in [0.15, 0.2) is 0 Å². The minimum Gasteiger partial charge on any atom is -0.309 e. The van der Waals surface area contributed by atoms with Crippen molar-refractivity contribution in [3.63, 3.8) is 0 Å². The summed E-state index contributed by atoms with van der Waals surface area (Å²) in [6.07, 6.45) is 2.25. The fourth-order valence-electron chi connectivity index (χ4n) is 2.88. The Bertz CT molecular complexity index is 615. The van der Waals surface area contributed by atoms with Gasteiger partial charge in [0, 0.05) is 16.3 Å². The first-order chi connectivity index (χ1) is 9.48. The van der Waals surface area contributed by atoms with Crippen LogP contribution in [-0.2, 0) is 6.42 Å². The molecule has 1 aliphatic rings. The molecule has 0 spiro atoms. The summed E-state index contributed by atoms with van der Waals surface area (Å²) in [5.74, 6) is 0. The minimum atomic E-state index is 0.318. The number of nitrogens with one attached hydrogen (secondary N) is 1. The largest absolute Gasteiger partial charge is 0.309 e. The van der Waals surface area contributed by atoms with Crippen molar-refractivity contribution in [2.45, 2.75) is 39.7 Å². The van der Waals surface area contributed by atoms with Crippen molar-refractivity contribution in [1.29, 1.82) is 0 Å². The fraction of sp³-hybridized carbons (Fsp3) is 0.533. The molecule has 1 unspecified atom stereocenters. The Morgan fingerprint density at radius 1 is 1.50 bits per heavy atom. The van der Waals surface area contributed by atoms with Crippen molar-refractivity contribution in [3.05, 3.63) is 27.0 Å². The maximum absolute atomic E-state index is 6.04. The van der Waals surface area contributed by atoms with Crippen LogP contribution in [0.25, 0.3) is 9.88 Å². The number of rotatable bonds is 3. The molecule has 1 atom stereocenters. The molecule has 0 bridgehead atoms. The van der Waals surface area contributed by atoms with E-state index in [-0.39, 0.29) is 0 Å². The van der Waals surface area contributed by atoms with Crippen LogP contribution < -0.4 is 5.32 Å². The summed E-state index contributed by atoms with van der Waals surface area (Å²) in [5, 5.41) is 7.51. The van der Waals surface area contributed by atoms with Crippen molar-refractivity contribution >= 4 is 34.3 Å². The third kappa shape index (κ3) is 2.80. The molecule has 2 aromatic heterocycles. The fourth-order valence-corrected chi connectivity index (χ4v) is 5.17. The third-order valence-electron chi connectivity index (χ3n) is 3.68. The Morgan fingerprint density at radius 2 is 2.30 bits per heavy atom. The third-order valence-corrected chi connectivity index (χ3v) is 6.33. The van der Waals surface area contributed by atoms with E-state index in [0.29, 0.717) is 11.5 Å². The normalized spacial score (nSPS) is 20.9. The maximum atomic E-state index is 6.04. The van der Waals surface area contributed by atoms with Crippen LogP contribution in [0.1, 0.15) is 43.8 Å². The van der Waals surface area contributed by atoms with Crippen molar-refractivity contribution in [2.24, 2.45) is 5.41 Å². The molecule has 0 amide bonds. The predicted octanol–water partition coefficient (Wildman–Crippen LogP) is 5.15. The SMILES string of the molecule is CCNC1CC(C)(C)Cc2nc(-c3cc(Cl)cs3)sc21. The highest BCUT2D eigenvalue weighted by Gasteiger charge is 2.34. The summed E-state index contributed by atoms with van der Waals surface area (Å²) in [4.78, 5) is 7.50. The van der Waals surface area contributed by atoms with Crippen LogP contribution in [0.2, 0.25) is 5.02 Å². The first-order valence-electron chi connectivity index (χ1n) is 6.96. The molecule has 5 heteroatoms. The van der Waals surface area contributed by atoms with Gasteiger partial charge in [-0.25, -0.2) is 4.98 Å². The second kappa shape index (κ2) is 5.41. The highest BCUT2D eigenvalue weighted by Crippen LogP contribution is 2.45. The summed E-state index contributed by atoms with van der Waals surface area (Å²) in [6.45, 7) is 7.84. The Balaban J connectivity index is 1.99. The van der Waals surface area contributed by atoms with E-state index in [0.717, 1.165) is 23.0 Å². The van der Waals surface area contributed by atoms with E-state index in [9.17, 15) is 0 Å². The molecule has 0 aromatic carbocycles. The van der Waals surface area contributed by atoms with Crippen LogP contribution in [0, 0.1) is 5.41 Å². The number of hydrogen-bond donors (Lipinski definition) is 1. The molecule has 2 heterocycles. The number of fused-ring (bicyclic) bond motifs is 1. The summed E-state index contributed by atoms with van der Waals surface area (Å²) < 4.78 is 0. The van der Waals surface area contributed by atoms with E-state index < -0.39 is 0 Å². The van der Waals surface area contributed by atoms with Gasteiger partial charge in [0.2, 0.25) is 0 Å². The van der Waals surface area contributed by atoms with E-state index in [1.54, 1.807) is 11.3 Å². The first-order valence-corrected chi connectivity index (χ1v) is 9.03. The lowest BCUT2D eigenvalue weighted by Crippen LogP contribution is -2.32. The number of nitrogens with zero attached hydrogens (tertiary/aromatic N) is 1. The zero-order valence-electron chi connectivity index (χ0n) is 12.0. The van der Waals surface area contributed by atoms with Crippen molar-refractivity contribution in [1.82, 2.24) is 10.3 Å². The van der Waals surface area contributed by atoms with E-state index in [1.807, 2.05) is 22.8 Å². The smallest absolute Gasteiger partial charge is 0.134 e. The summed E-state index contributed by atoms with van der Waals surface area (Å²) in [5.41, 5.74) is 1.59. The Morgan fingerprint density at radius 3 is 2.95 bits per heavy atom. The summed E-state index contributed by atoms with van der Waals surface area (Å²) >= 11 is 9.54. The quantitative estimate of drug-likeness (QED) is 0.843. The van der Waals surface area contributed by atoms with Crippen LogP contribution in [0.5, 0.6) is 0 Å². The van der Waals surface area contributed by atoms with E-state index in [2.05, 4.69) is 26.1 Å². The highest BCUT2D eigenvalue weighted by atomic mass is 35.5. The molecule has 0 saturated heterocycles. The minimum absolute atomic E-state index is 0.318. The Hall–Kier alpha value is -0.420. The molecule has 0 fully saturated rings. The predicted molar refractivity (Wildman–Crippen MR) is 89.0 cm³/mol. The van der Waals surface area contributed by atoms with Crippen LogP contribution in [0.3, 0.4) is 0 Å². The molecule has 0 saturated carbocycles. The van der Waals surface area contributed by atoms with Crippen molar-refractivity contribution in [3.8, 4) is 9.88 Å². The average Bonchev–Trinajstić information content (AvgIpc) is 2.94. The molecule has 0 radical (unpaired) electrons. The van der Waals surface area contributed by atoms with Gasteiger partial charge in [0.1, 0.15) is 5.01 Å². The zero-order valence-corrected chi connectivity index (χ0v) is 14.4. The lowest BCUT2D eigenvalue weighted by molar-refractivity contribution is 0.260. The number of halogens is 1. The topological polar surface area (TPSA) is 24.9 Å². The van der Waals surface area contributed by atoms with Crippen LogP contribution in [-0.4, -0.2) is 11.5 Å². The number of aromatic nitrogens is 1. The number of thiophene rings is 1. The molecule has 2 aromatic rings. The van der Waals surface area contributed by atoms with E-state index in [4.69, 9.17) is 16.6 Å². The molecule has 1 N–H and O–H groups in total. The van der Waals surface area contributed by atoms with Gasteiger partial charge in [0.25, 0.3) is 0 Å². The van der Waals surface area contributed by atoms with Gasteiger partial charge >= 0.3 is 0 Å². The first kappa shape index (κ1) is 14.5. The zero-order chi connectivity index (χ0) is 14.3. The van der Waals surface area contributed by atoms with Gasteiger partial charge in [-0.1, -0.05) is 32.4 Å². The molecule has 2 nitrogen and oxygen atoms in total. The van der Waals surface area contributed by atoms with Gasteiger partial charge in [0.05, 0.1) is 15.6 Å². The maximum Gasteiger partial charge on any atom is 0.134 e. The average molecular weight is 327 g/mol. The number of thiazole rings is 1. The second-order valence-electron chi connectivity index (χ2n) is 6.11.